The molecule has 1 saturated heterocycles. The van der Waals surface area contributed by atoms with Gasteiger partial charge < -0.3 is 22.1 Å². The predicted octanol–water partition coefficient (Wildman–Crippen LogP) is 3.08. The number of halogens is 1. The van der Waals surface area contributed by atoms with Gasteiger partial charge >= 0.3 is 0 Å². The maximum Gasteiger partial charge on any atom is 0.158 e. The number of nitrogens with two attached hydrogens (primary N) is 3. The minimum atomic E-state index is 0.0332. The summed E-state index contributed by atoms with van der Waals surface area (Å²) in [6, 6.07) is 5.81. The van der Waals surface area contributed by atoms with Gasteiger partial charge in [0.25, 0.3) is 0 Å². The first kappa shape index (κ1) is 20.3. The van der Waals surface area contributed by atoms with E-state index in [9.17, 15) is 0 Å². The Morgan fingerprint density at radius 2 is 1.94 bits per heavy atom. The van der Waals surface area contributed by atoms with E-state index in [1.54, 1.807) is 12.3 Å². The van der Waals surface area contributed by atoms with Gasteiger partial charge in [0.05, 0.1) is 11.2 Å². The zero-order valence-corrected chi connectivity index (χ0v) is 18.4. The lowest BCUT2D eigenvalue weighted by Crippen LogP contribution is -2.44. The normalized spacial score (nSPS) is 19.5. The maximum atomic E-state index is 6.65. The second kappa shape index (κ2) is 7.81. The van der Waals surface area contributed by atoms with Gasteiger partial charge in [0.2, 0.25) is 0 Å². The molecule has 4 heterocycles. The second-order valence-corrected chi connectivity index (χ2v) is 9.54. The fourth-order valence-electron chi connectivity index (χ4n) is 4.55. The monoisotopic (exact) mass is 454 g/mol. The van der Waals surface area contributed by atoms with E-state index >= 15 is 0 Å². The van der Waals surface area contributed by atoms with Gasteiger partial charge in [0.1, 0.15) is 16.7 Å². The minimum Gasteiger partial charge on any atom is -0.384 e. The van der Waals surface area contributed by atoms with Crippen LogP contribution in [0.25, 0.3) is 0 Å². The van der Waals surface area contributed by atoms with Crippen molar-refractivity contribution in [1.82, 2.24) is 19.9 Å². The Bertz CT molecular complexity index is 1130. The van der Waals surface area contributed by atoms with Crippen molar-refractivity contribution in [1.29, 1.82) is 0 Å². The van der Waals surface area contributed by atoms with Gasteiger partial charge in [-0.15, -0.1) is 0 Å². The van der Waals surface area contributed by atoms with E-state index in [0.717, 1.165) is 48.8 Å². The maximum absolute atomic E-state index is 6.65. The summed E-state index contributed by atoms with van der Waals surface area (Å²) in [5, 5.41) is 1.08. The number of rotatable bonds is 3. The van der Waals surface area contributed by atoms with Crippen LogP contribution in [0.5, 0.6) is 0 Å². The number of anilines is 3. The Labute approximate surface area is 189 Å². The first-order chi connectivity index (χ1) is 14.9. The van der Waals surface area contributed by atoms with Gasteiger partial charge in [0.15, 0.2) is 5.82 Å². The van der Waals surface area contributed by atoms with E-state index in [2.05, 4.69) is 30.9 Å². The van der Waals surface area contributed by atoms with E-state index in [1.807, 2.05) is 12.3 Å². The largest absolute Gasteiger partial charge is 0.384 e. The molecule has 2 aliphatic rings. The molecule has 0 radical (unpaired) electrons. The third-order valence-corrected chi connectivity index (χ3v) is 7.80. The van der Waals surface area contributed by atoms with Crippen LogP contribution in [0, 0.1) is 5.41 Å². The van der Waals surface area contributed by atoms with Crippen molar-refractivity contribution in [2.75, 3.05) is 29.5 Å². The number of piperidine rings is 1. The molecule has 160 valence electrons. The molecular formula is C21H23ClN8S. The molecule has 8 nitrogen and oxygen atoms in total. The topological polar surface area (TPSA) is 133 Å². The molecule has 0 unspecified atom stereocenters. The molecule has 0 saturated carbocycles. The van der Waals surface area contributed by atoms with E-state index in [-0.39, 0.29) is 11.5 Å². The van der Waals surface area contributed by atoms with Crippen LogP contribution in [-0.2, 0) is 6.42 Å². The van der Waals surface area contributed by atoms with Gasteiger partial charge in [-0.1, -0.05) is 29.4 Å². The van der Waals surface area contributed by atoms with Crippen LogP contribution >= 0.6 is 23.4 Å². The third-order valence-electron chi connectivity index (χ3n) is 6.32. The molecule has 1 fully saturated rings. The lowest BCUT2D eigenvalue weighted by molar-refractivity contribution is 0.186. The average molecular weight is 455 g/mol. The number of fused-ring (bicyclic) bond motifs is 1. The van der Waals surface area contributed by atoms with Gasteiger partial charge in [0, 0.05) is 42.1 Å². The van der Waals surface area contributed by atoms with E-state index in [4.69, 9.17) is 28.8 Å². The van der Waals surface area contributed by atoms with Crippen LogP contribution in [0.2, 0.25) is 5.02 Å². The lowest BCUT2D eigenvalue weighted by Gasteiger charge is -2.42. The van der Waals surface area contributed by atoms with Crippen LogP contribution in [0.3, 0.4) is 0 Å². The predicted molar refractivity (Wildman–Crippen MR) is 123 cm³/mol. The highest BCUT2D eigenvalue weighted by molar-refractivity contribution is 7.99. The van der Waals surface area contributed by atoms with E-state index in [1.165, 1.54) is 23.5 Å². The van der Waals surface area contributed by atoms with Gasteiger partial charge in [-0.3, -0.25) is 4.98 Å². The first-order valence-corrected chi connectivity index (χ1v) is 11.3. The molecule has 31 heavy (non-hydrogen) atoms. The van der Waals surface area contributed by atoms with E-state index < -0.39 is 0 Å². The molecule has 1 aliphatic heterocycles. The zero-order valence-electron chi connectivity index (χ0n) is 16.8. The Morgan fingerprint density at radius 3 is 2.68 bits per heavy atom. The lowest BCUT2D eigenvalue weighted by atomic mass is 9.73. The second-order valence-electron chi connectivity index (χ2n) is 8.10. The number of nitrogens with zero attached hydrogens (tertiary/aromatic N) is 5. The highest BCUT2D eigenvalue weighted by atomic mass is 35.5. The summed E-state index contributed by atoms with van der Waals surface area (Å²) in [4.78, 5) is 20.6. The van der Waals surface area contributed by atoms with Gasteiger partial charge in [-0.25, -0.2) is 15.0 Å². The molecule has 3 aromatic rings. The molecule has 10 heteroatoms. The Balaban J connectivity index is 1.29. The summed E-state index contributed by atoms with van der Waals surface area (Å²) in [6.07, 6.45) is 8.04. The van der Waals surface area contributed by atoms with Crippen molar-refractivity contribution in [2.24, 2.45) is 11.1 Å². The van der Waals surface area contributed by atoms with Crippen LogP contribution < -0.4 is 22.1 Å². The Hall–Kier alpha value is -2.62. The highest BCUT2D eigenvalue weighted by Gasteiger charge is 2.46. The number of nitrogen functional groups attached to an aromatic ring is 2. The SMILES string of the molecule is Nc1cc(Sc2ncc(N3CCC4(CC3)Cc3ncccc3[C@H]4N)nc2N)c(Cl)cn1. The summed E-state index contributed by atoms with van der Waals surface area (Å²) in [5.41, 5.74) is 21.0. The number of pyridine rings is 2. The van der Waals surface area contributed by atoms with Crippen LogP contribution in [-0.4, -0.2) is 33.0 Å². The van der Waals surface area contributed by atoms with E-state index in [0.29, 0.717) is 21.7 Å². The zero-order chi connectivity index (χ0) is 21.6. The molecule has 0 aromatic carbocycles. The number of aromatic nitrogens is 4. The van der Waals surface area contributed by atoms with Crippen molar-refractivity contribution < 1.29 is 0 Å². The molecule has 1 atom stereocenters. The van der Waals surface area contributed by atoms with Crippen molar-refractivity contribution in [2.45, 2.75) is 35.2 Å². The van der Waals surface area contributed by atoms with Crippen LogP contribution in [0.4, 0.5) is 17.5 Å². The molecule has 3 aromatic heterocycles. The summed E-state index contributed by atoms with van der Waals surface area (Å²) in [6.45, 7) is 1.71. The molecular weight excluding hydrogens is 432 g/mol. The average Bonchev–Trinajstić information content (AvgIpc) is 3.04. The Morgan fingerprint density at radius 1 is 1.13 bits per heavy atom. The first-order valence-electron chi connectivity index (χ1n) is 10.1. The van der Waals surface area contributed by atoms with Crippen molar-refractivity contribution in [3.8, 4) is 0 Å². The van der Waals surface area contributed by atoms with Crippen molar-refractivity contribution in [3.63, 3.8) is 0 Å². The summed E-state index contributed by atoms with van der Waals surface area (Å²) in [7, 11) is 0. The summed E-state index contributed by atoms with van der Waals surface area (Å²) >= 11 is 7.53. The quantitative estimate of drug-likeness (QED) is 0.545. The molecule has 5 rings (SSSR count). The number of hydrogen-bond donors (Lipinski definition) is 3. The Kier molecular flexibility index (Phi) is 5.11. The molecule has 1 aliphatic carbocycles. The number of hydrogen-bond acceptors (Lipinski definition) is 9. The minimum absolute atomic E-state index is 0.0332. The highest BCUT2D eigenvalue weighted by Crippen LogP contribution is 2.50. The fourth-order valence-corrected chi connectivity index (χ4v) is 5.57. The molecule has 6 N–H and O–H groups in total. The molecule has 1 spiro atoms. The third kappa shape index (κ3) is 3.66. The van der Waals surface area contributed by atoms with Crippen LogP contribution in [0.1, 0.15) is 30.1 Å². The van der Waals surface area contributed by atoms with Crippen molar-refractivity contribution >= 4 is 40.8 Å². The van der Waals surface area contributed by atoms with Gasteiger partial charge in [-0.2, -0.15) is 0 Å². The summed E-state index contributed by atoms with van der Waals surface area (Å²) < 4.78 is 0. The van der Waals surface area contributed by atoms with Crippen molar-refractivity contribution in [3.05, 3.63) is 53.1 Å². The standard InChI is InChI=1S/C21H23ClN8S/c22-13-10-27-16(23)8-15(13)31-20-19(25)29-17(11-28-20)30-6-3-21(4-7-30)9-14-12(18(21)24)2-1-5-26-14/h1-2,5,8,10-11,18H,3-4,6-7,9,24H2,(H2,23,27)(H2,25,29)/t18-/m1/s1. The van der Waals surface area contributed by atoms with Crippen LogP contribution in [0.15, 0.2) is 46.7 Å². The summed E-state index contributed by atoms with van der Waals surface area (Å²) in [5.74, 6) is 1.53. The van der Waals surface area contributed by atoms with Gasteiger partial charge in [-0.05, 0) is 42.4 Å². The molecule has 0 bridgehead atoms. The fraction of sp³-hybridized carbons (Fsp3) is 0.333. The molecule has 0 amide bonds. The smallest absolute Gasteiger partial charge is 0.158 e.